The maximum absolute atomic E-state index is 6.14. The molecule has 0 spiro atoms. The summed E-state index contributed by atoms with van der Waals surface area (Å²) in [6.45, 7) is 2.62. The third-order valence-electron chi connectivity index (χ3n) is 3.32. The van der Waals surface area contributed by atoms with Gasteiger partial charge in [-0.3, -0.25) is 4.40 Å². The molecule has 0 amide bonds. The fourth-order valence-corrected chi connectivity index (χ4v) is 3.23. The Bertz CT molecular complexity index is 765. The number of aryl methyl sites for hydroxylation is 1. The zero-order valence-electron chi connectivity index (χ0n) is 11.7. The molecule has 0 aliphatic rings. The lowest BCUT2D eigenvalue weighted by molar-refractivity contribution is 0.458. The molecule has 2 aromatic heterocycles. The summed E-state index contributed by atoms with van der Waals surface area (Å²) in [5.74, 6) is 1.37. The van der Waals surface area contributed by atoms with Gasteiger partial charge in [0.2, 0.25) is 5.88 Å². The molecule has 0 aliphatic heterocycles. The number of benzene rings is 1. The van der Waals surface area contributed by atoms with E-state index in [9.17, 15) is 0 Å². The number of ether oxygens (including phenoxy) is 1. The Hall–Kier alpha value is -1.56. The monoisotopic (exact) mass is 321 g/mol. The zero-order chi connectivity index (χ0) is 14.8. The van der Waals surface area contributed by atoms with Crippen molar-refractivity contribution in [1.82, 2.24) is 9.38 Å². The average molecular weight is 322 g/mol. The van der Waals surface area contributed by atoms with E-state index in [1.807, 2.05) is 34.2 Å². The second-order valence-electron chi connectivity index (χ2n) is 4.67. The van der Waals surface area contributed by atoms with Gasteiger partial charge in [0.1, 0.15) is 5.75 Å². The Labute approximate surface area is 132 Å². The lowest BCUT2D eigenvalue weighted by atomic mass is 10.1. The molecular weight excluding hydrogens is 306 g/mol. The smallest absolute Gasteiger partial charge is 0.242 e. The van der Waals surface area contributed by atoms with Crippen molar-refractivity contribution in [2.24, 2.45) is 5.73 Å². The fourth-order valence-electron chi connectivity index (χ4n) is 2.26. The molecule has 2 N–H and O–H groups in total. The molecule has 21 heavy (non-hydrogen) atoms. The van der Waals surface area contributed by atoms with Crippen LogP contribution in [0.2, 0.25) is 5.02 Å². The highest BCUT2D eigenvalue weighted by molar-refractivity contribution is 7.15. The van der Waals surface area contributed by atoms with Crippen molar-refractivity contribution in [3.8, 4) is 11.6 Å². The summed E-state index contributed by atoms with van der Waals surface area (Å²) < 4.78 is 7.99. The van der Waals surface area contributed by atoms with E-state index in [4.69, 9.17) is 22.1 Å². The Kier molecular flexibility index (Phi) is 4.14. The SMILES string of the molecule is CCc1cc(Oc2nc3sccn3c2CCN)ccc1Cl. The van der Waals surface area contributed by atoms with Crippen LogP contribution in [0, 0.1) is 0 Å². The first-order chi connectivity index (χ1) is 10.2. The van der Waals surface area contributed by atoms with Crippen LogP contribution in [-0.4, -0.2) is 15.9 Å². The van der Waals surface area contributed by atoms with Crippen LogP contribution in [0.4, 0.5) is 0 Å². The molecular formula is C15H16ClN3OS. The highest BCUT2D eigenvalue weighted by Crippen LogP contribution is 2.30. The first-order valence-electron chi connectivity index (χ1n) is 6.83. The van der Waals surface area contributed by atoms with Crippen LogP contribution in [0.5, 0.6) is 11.6 Å². The van der Waals surface area contributed by atoms with Gasteiger partial charge in [-0.15, -0.1) is 11.3 Å². The quantitative estimate of drug-likeness (QED) is 0.775. The van der Waals surface area contributed by atoms with Crippen LogP contribution in [0.3, 0.4) is 0 Å². The van der Waals surface area contributed by atoms with Crippen LogP contribution in [0.25, 0.3) is 4.96 Å². The first-order valence-corrected chi connectivity index (χ1v) is 8.09. The van der Waals surface area contributed by atoms with Gasteiger partial charge in [0.15, 0.2) is 4.96 Å². The van der Waals surface area contributed by atoms with Crippen molar-refractivity contribution >= 4 is 27.9 Å². The van der Waals surface area contributed by atoms with E-state index in [1.165, 1.54) is 0 Å². The third kappa shape index (κ3) is 2.77. The topological polar surface area (TPSA) is 52.5 Å². The standard InChI is InChI=1S/C15H16ClN3OS/c1-2-10-9-11(3-4-12(10)16)20-14-13(5-6-17)19-7-8-21-15(19)18-14/h3-4,7-9H,2,5-6,17H2,1H3. The molecule has 3 rings (SSSR count). The predicted molar refractivity (Wildman–Crippen MR) is 86.7 cm³/mol. The van der Waals surface area contributed by atoms with Crippen molar-refractivity contribution in [2.75, 3.05) is 6.54 Å². The van der Waals surface area contributed by atoms with Crippen molar-refractivity contribution in [2.45, 2.75) is 19.8 Å². The molecule has 0 saturated heterocycles. The maximum atomic E-state index is 6.14. The van der Waals surface area contributed by atoms with Crippen LogP contribution in [0.1, 0.15) is 18.2 Å². The Balaban J connectivity index is 1.97. The van der Waals surface area contributed by atoms with Crippen molar-refractivity contribution in [1.29, 1.82) is 0 Å². The highest BCUT2D eigenvalue weighted by atomic mass is 35.5. The van der Waals surface area contributed by atoms with Gasteiger partial charge in [-0.05, 0) is 36.7 Å². The molecule has 6 heteroatoms. The summed E-state index contributed by atoms with van der Waals surface area (Å²) in [6, 6.07) is 5.68. The maximum Gasteiger partial charge on any atom is 0.242 e. The molecule has 2 heterocycles. The van der Waals surface area contributed by atoms with Crippen molar-refractivity contribution in [3.05, 3.63) is 46.1 Å². The lowest BCUT2D eigenvalue weighted by Crippen LogP contribution is -2.05. The number of thiazole rings is 1. The van der Waals surface area contributed by atoms with E-state index in [0.717, 1.165) is 39.8 Å². The number of hydrogen-bond donors (Lipinski definition) is 1. The molecule has 4 nitrogen and oxygen atoms in total. The molecule has 3 aromatic rings. The largest absolute Gasteiger partial charge is 0.437 e. The van der Waals surface area contributed by atoms with Crippen molar-refractivity contribution < 1.29 is 4.74 Å². The molecule has 0 saturated carbocycles. The Morgan fingerprint density at radius 2 is 2.29 bits per heavy atom. The molecule has 1 aromatic carbocycles. The summed E-state index contributed by atoms with van der Waals surface area (Å²) in [7, 11) is 0. The van der Waals surface area contributed by atoms with Gasteiger partial charge in [-0.2, -0.15) is 4.98 Å². The predicted octanol–water partition coefficient (Wildman–Crippen LogP) is 3.91. The summed E-state index contributed by atoms with van der Waals surface area (Å²) >= 11 is 7.72. The first kappa shape index (κ1) is 14.4. The Morgan fingerprint density at radius 3 is 3.05 bits per heavy atom. The molecule has 0 radical (unpaired) electrons. The van der Waals surface area contributed by atoms with E-state index in [-0.39, 0.29) is 0 Å². The van der Waals surface area contributed by atoms with Gasteiger partial charge < -0.3 is 10.5 Å². The number of fused-ring (bicyclic) bond motifs is 1. The minimum atomic E-state index is 0.556. The molecule has 0 unspecified atom stereocenters. The van der Waals surface area contributed by atoms with E-state index in [2.05, 4.69) is 11.9 Å². The van der Waals surface area contributed by atoms with Crippen LogP contribution in [-0.2, 0) is 12.8 Å². The van der Waals surface area contributed by atoms with Gasteiger partial charge >= 0.3 is 0 Å². The fraction of sp³-hybridized carbons (Fsp3) is 0.267. The minimum Gasteiger partial charge on any atom is -0.437 e. The summed E-state index contributed by atoms with van der Waals surface area (Å²) in [5, 5.41) is 2.77. The van der Waals surface area contributed by atoms with Crippen LogP contribution >= 0.6 is 22.9 Å². The third-order valence-corrected chi connectivity index (χ3v) is 4.44. The van der Waals surface area contributed by atoms with Gasteiger partial charge in [0, 0.05) is 23.0 Å². The molecule has 110 valence electrons. The van der Waals surface area contributed by atoms with E-state index < -0.39 is 0 Å². The normalized spacial score (nSPS) is 11.2. The van der Waals surface area contributed by atoms with Crippen molar-refractivity contribution in [3.63, 3.8) is 0 Å². The summed E-state index contributed by atoms with van der Waals surface area (Å²) in [4.78, 5) is 5.45. The highest BCUT2D eigenvalue weighted by Gasteiger charge is 2.15. The number of halogens is 1. The second-order valence-corrected chi connectivity index (χ2v) is 5.95. The van der Waals surface area contributed by atoms with Gasteiger partial charge in [-0.25, -0.2) is 0 Å². The number of nitrogens with two attached hydrogens (primary N) is 1. The molecule has 0 fully saturated rings. The van der Waals surface area contributed by atoms with E-state index >= 15 is 0 Å². The minimum absolute atomic E-state index is 0.556. The second kappa shape index (κ2) is 6.05. The molecule has 0 atom stereocenters. The van der Waals surface area contributed by atoms with E-state index in [1.54, 1.807) is 11.3 Å². The number of hydrogen-bond acceptors (Lipinski definition) is 4. The van der Waals surface area contributed by atoms with Crippen LogP contribution in [0.15, 0.2) is 29.8 Å². The number of imidazole rings is 1. The summed E-state index contributed by atoms with van der Waals surface area (Å²) in [5.41, 5.74) is 7.76. The number of nitrogens with zero attached hydrogens (tertiary/aromatic N) is 2. The van der Waals surface area contributed by atoms with Crippen LogP contribution < -0.4 is 10.5 Å². The molecule has 0 aliphatic carbocycles. The van der Waals surface area contributed by atoms with E-state index in [0.29, 0.717) is 12.4 Å². The zero-order valence-corrected chi connectivity index (χ0v) is 13.2. The van der Waals surface area contributed by atoms with Gasteiger partial charge in [0.25, 0.3) is 0 Å². The lowest BCUT2D eigenvalue weighted by Gasteiger charge is -2.08. The Morgan fingerprint density at radius 1 is 1.43 bits per heavy atom. The molecule has 0 bridgehead atoms. The number of rotatable bonds is 5. The summed E-state index contributed by atoms with van der Waals surface area (Å²) in [6.07, 6.45) is 3.58. The van der Waals surface area contributed by atoms with Gasteiger partial charge in [-0.1, -0.05) is 18.5 Å². The number of aromatic nitrogens is 2. The van der Waals surface area contributed by atoms with Gasteiger partial charge in [0.05, 0.1) is 5.69 Å². The average Bonchev–Trinajstić information content (AvgIpc) is 3.04.